The number of phenols is 1. The number of benzene rings is 2. The lowest BCUT2D eigenvalue weighted by Gasteiger charge is -2.34. The summed E-state index contributed by atoms with van der Waals surface area (Å²) >= 11 is 4.26. The van der Waals surface area contributed by atoms with Crippen LogP contribution in [0.2, 0.25) is 0 Å². The third-order valence-corrected chi connectivity index (χ3v) is 5.41. The van der Waals surface area contributed by atoms with E-state index in [-0.39, 0.29) is 18.0 Å². The Hall–Kier alpha value is -3.40. The van der Waals surface area contributed by atoms with Gasteiger partial charge in [-0.2, -0.15) is 12.6 Å². The second-order valence-corrected chi connectivity index (χ2v) is 9.49. The molecule has 2 atom stereocenters. The number of nitrogens with one attached hydrogen (secondary N) is 2. The molecule has 2 unspecified atom stereocenters. The van der Waals surface area contributed by atoms with Crippen LogP contribution in [0.25, 0.3) is 0 Å². The molecule has 0 fully saturated rings. The van der Waals surface area contributed by atoms with Gasteiger partial charge in [0.1, 0.15) is 29.2 Å². The highest BCUT2D eigenvalue weighted by molar-refractivity contribution is 7.80. The summed E-state index contributed by atoms with van der Waals surface area (Å²) in [5, 5.41) is 15.2. The number of hydrogen-bond acceptors (Lipinski definition) is 7. The van der Waals surface area contributed by atoms with Crippen molar-refractivity contribution < 1.29 is 29.0 Å². The van der Waals surface area contributed by atoms with Gasteiger partial charge >= 0.3 is 6.09 Å². The molecule has 10 heteroatoms. The Morgan fingerprint density at radius 2 is 1.67 bits per heavy atom. The molecule has 0 heterocycles. The third-order valence-electron chi connectivity index (χ3n) is 5.05. The van der Waals surface area contributed by atoms with Crippen LogP contribution in [0.5, 0.6) is 11.5 Å². The number of amides is 3. The van der Waals surface area contributed by atoms with E-state index in [0.717, 1.165) is 0 Å². The molecule has 196 valence electrons. The zero-order chi connectivity index (χ0) is 26.9. The predicted molar refractivity (Wildman–Crippen MR) is 141 cm³/mol. The Bertz CT molecular complexity index is 1020. The summed E-state index contributed by atoms with van der Waals surface area (Å²) < 4.78 is 10.5. The van der Waals surface area contributed by atoms with Gasteiger partial charge in [0, 0.05) is 18.0 Å². The van der Waals surface area contributed by atoms with Crippen LogP contribution in [0, 0.1) is 0 Å². The van der Waals surface area contributed by atoms with Crippen LogP contribution < -0.4 is 15.4 Å². The number of anilines is 1. The number of hydrogen-bond donors (Lipinski definition) is 4. The van der Waals surface area contributed by atoms with E-state index in [4.69, 9.17) is 9.47 Å². The molecule has 36 heavy (non-hydrogen) atoms. The summed E-state index contributed by atoms with van der Waals surface area (Å²) in [6.07, 6.45) is -0.197. The fourth-order valence-electron chi connectivity index (χ4n) is 3.46. The Morgan fingerprint density at radius 3 is 2.17 bits per heavy atom. The van der Waals surface area contributed by atoms with Crippen molar-refractivity contribution >= 4 is 36.2 Å². The maximum Gasteiger partial charge on any atom is 0.408 e. The molecule has 0 saturated carbocycles. The molecule has 3 N–H and O–H groups in total. The minimum Gasteiger partial charge on any atom is -0.508 e. The summed E-state index contributed by atoms with van der Waals surface area (Å²) in [5.74, 6) is -0.277. The monoisotopic (exact) mass is 517 g/mol. The summed E-state index contributed by atoms with van der Waals surface area (Å²) in [4.78, 5) is 41.0. The molecule has 2 rings (SSSR count). The molecule has 0 aliphatic carbocycles. The molecule has 0 spiro atoms. The van der Waals surface area contributed by atoms with Gasteiger partial charge in [0.05, 0.1) is 7.11 Å². The molecule has 2 aromatic carbocycles. The van der Waals surface area contributed by atoms with Crippen molar-refractivity contribution in [3.05, 3.63) is 54.1 Å². The van der Waals surface area contributed by atoms with Gasteiger partial charge in [-0.15, -0.1) is 0 Å². The standard InChI is InChI=1S/C26H35N3O6S/c1-6-15-29(24(32)21(16-36)28-25(33)35-26(2,3)4)22(17-7-11-19(30)12-8-17)23(31)27-18-9-13-20(34-5)14-10-18/h7-14,21-22,30,36H,6,15-16H2,1-5H3,(H,27,31)(H,28,33). The average molecular weight is 518 g/mol. The summed E-state index contributed by atoms with van der Waals surface area (Å²) in [6, 6.07) is 10.8. The number of thiol groups is 1. The number of carbonyl (C=O) groups excluding carboxylic acids is 3. The van der Waals surface area contributed by atoms with Crippen molar-refractivity contribution in [2.75, 3.05) is 24.7 Å². The van der Waals surface area contributed by atoms with Crippen molar-refractivity contribution in [2.24, 2.45) is 0 Å². The lowest BCUT2D eigenvalue weighted by Crippen LogP contribution is -2.53. The fraction of sp³-hybridized carbons (Fsp3) is 0.423. The lowest BCUT2D eigenvalue weighted by molar-refractivity contribution is -0.140. The SMILES string of the molecule is CCCN(C(=O)C(CS)NC(=O)OC(C)(C)C)C(C(=O)Nc1ccc(OC)cc1)c1ccc(O)cc1. The molecule has 0 radical (unpaired) electrons. The number of aromatic hydroxyl groups is 1. The van der Waals surface area contributed by atoms with E-state index in [1.807, 2.05) is 6.92 Å². The number of nitrogens with zero attached hydrogens (tertiary/aromatic N) is 1. The topological polar surface area (TPSA) is 117 Å². The number of rotatable bonds is 10. The smallest absolute Gasteiger partial charge is 0.408 e. The highest BCUT2D eigenvalue weighted by Gasteiger charge is 2.35. The van der Waals surface area contributed by atoms with Crippen LogP contribution in [0.3, 0.4) is 0 Å². The molecular weight excluding hydrogens is 482 g/mol. The van der Waals surface area contributed by atoms with E-state index in [9.17, 15) is 19.5 Å². The summed E-state index contributed by atoms with van der Waals surface area (Å²) in [6.45, 7) is 7.28. The normalized spacial score (nSPS) is 12.7. The Labute approximate surface area is 217 Å². The maximum atomic E-state index is 13.6. The van der Waals surface area contributed by atoms with Gasteiger partial charge in [0.15, 0.2) is 0 Å². The molecule has 0 aromatic heterocycles. The minimum absolute atomic E-state index is 0.000682. The first-order chi connectivity index (χ1) is 17.0. The van der Waals surface area contributed by atoms with Crippen molar-refractivity contribution in [1.29, 1.82) is 0 Å². The van der Waals surface area contributed by atoms with Crippen molar-refractivity contribution in [3.63, 3.8) is 0 Å². The summed E-state index contributed by atoms with van der Waals surface area (Å²) in [5.41, 5.74) is 0.270. The van der Waals surface area contributed by atoms with Gasteiger partial charge in [-0.1, -0.05) is 19.1 Å². The van der Waals surface area contributed by atoms with Gasteiger partial charge in [-0.05, 0) is 69.2 Å². The van der Waals surface area contributed by atoms with Gasteiger partial charge in [0.2, 0.25) is 5.91 Å². The third kappa shape index (κ3) is 8.37. The van der Waals surface area contributed by atoms with E-state index in [2.05, 4.69) is 23.3 Å². The van der Waals surface area contributed by atoms with Crippen LogP contribution in [0.4, 0.5) is 10.5 Å². The van der Waals surface area contributed by atoms with Gasteiger partial charge in [0.25, 0.3) is 5.91 Å². The maximum absolute atomic E-state index is 13.6. The van der Waals surface area contributed by atoms with Crippen molar-refractivity contribution in [2.45, 2.75) is 51.8 Å². The average Bonchev–Trinajstić information content (AvgIpc) is 2.82. The quantitative estimate of drug-likeness (QED) is 0.352. The second-order valence-electron chi connectivity index (χ2n) is 9.12. The van der Waals surface area contributed by atoms with Gasteiger partial charge in [-0.3, -0.25) is 9.59 Å². The van der Waals surface area contributed by atoms with E-state index >= 15 is 0 Å². The first kappa shape index (κ1) is 28.8. The Morgan fingerprint density at radius 1 is 1.06 bits per heavy atom. The highest BCUT2D eigenvalue weighted by Crippen LogP contribution is 2.27. The van der Waals surface area contributed by atoms with E-state index in [1.54, 1.807) is 64.3 Å². The van der Waals surface area contributed by atoms with Crippen molar-refractivity contribution in [3.8, 4) is 11.5 Å². The first-order valence-corrected chi connectivity index (χ1v) is 12.3. The Kier molecular flexibility index (Phi) is 10.5. The molecule has 2 aromatic rings. The highest BCUT2D eigenvalue weighted by atomic mass is 32.1. The molecular formula is C26H35N3O6S. The Balaban J connectivity index is 2.40. The largest absolute Gasteiger partial charge is 0.508 e. The van der Waals surface area contributed by atoms with Crippen molar-refractivity contribution in [1.82, 2.24) is 10.2 Å². The zero-order valence-corrected chi connectivity index (χ0v) is 22.2. The number of phenolic OH excluding ortho intramolecular Hbond substituents is 1. The lowest BCUT2D eigenvalue weighted by atomic mass is 10.0. The minimum atomic E-state index is -1.04. The predicted octanol–water partition coefficient (Wildman–Crippen LogP) is 4.14. The second kappa shape index (κ2) is 13.1. The molecule has 3 amide bonds. The number of ether oxygens (including phenoxy) is 2. The number of methoxy groups -OCH3 is 1. The van der Waals surface area contributed by atoms with Crippen LogP contribution in [0.1, 0.15) is 45.7 Å². The van der Waals surface area contributed by atoms with Gasteiger partial charge in [-0.25, -0.2) is 4.79 Å². The van der Waals surface area contributed by atoms with Gasteiger partial charge < -0.3 is 30.1 Å². The molecule has 0 bridgehead atoms. The molecule has 9 nitrogen and oxygen atoms in total. The van der Waals surface area contributed by atoms with Crippen LogP contribution in [0.15, 0.2) is 48.5 Å². The van der Waals surface area contributed by atoms with Crippen LogP contribution in [-0.2, 0) is 14.3 Å². The van der Waals surface area contributed by atoms with E-state index in [1.165, 1.54) is 17.0 Å². The first-order valence-electron chi connectivity index (χ1n) is 11.6. The van der Waals surface area contributed by atoms with Crippen LogP contribution >= 0.6 is 12.6 Å². The molecule has 0 aliphatic heterocycles. The molecule has 0 saturated heterocycles. The summed E-state index contributed by atoms with van der Waals surface area (Å²) in [7, 11) is 1.55. The van der Waals surface area contributed by atoms with E-state index < -0.39 is 35.6 Å². The number of alkyl carbamates (subject to hydrolysis) is 1. The fourth-order valence-corrected chi connectivity index (χ4v) is 3.70. The zero-order valence-electron chi connectivity index (χ0n) is 21.3. The number of carbonyl (C=O) groups is 3. The van der Waals surface area contributed by atoms with Crippen LogP contribution in [-0.4, -0.2) is 59.0 Å². The molecule has 0 aliphatic rings. The van der Waals surface area contributed by atoms with E-state index in [0.29, 0.717) is 23.4 Å².